The summed E-state index contributed by atoms with van der Waals surface area (Å²) in [7, 11) is -3.76. The highest BCUT2D eigenvalue weighted by Gasteiger charge is 2.32. The van der Waals surface area contributed by atoms with E-state index in [9.17, 15) is 13.2 Å². The lowest BCUT2D eigenvalue weighted by molar-refractivity contribution is -0.138. The van der Waals surface area contributed by atoms with Crippen molar-refractivity contribution in [2.24, 2.45) is 5.92 Å². The number of carbonyl (C=O) groups is 1. The van der Waals surface area contributed by atoms with E-state index in [0.29, 0.717) is 32.2 Å². The van der Waals surface area contributed by atoms with Gasteiger partial charge in [-0.3, -0.25) is 4.79 Å². The molecule has 1 aliphatic rings. The number of amides is 1. The fourth-order valence-corrected chi connectivity index (χ4v) is 4.06. The van der Waals surface area contributed by atoms with Crippen molar-refractivity contribution in [2.75, 3.05) is 26.3 Å². The average Bonchev–Trinajstić information content (AvgIpc) is 2.59. The molecule has 0 radical (unpaired) electrons. The molecule has 0 aliphatic carbocycles. The van der Waals surface area contributed by atoms with Crippen LogP contribution in [0, 0.1) is 5.92 Å². The molecule has 1 aliphatic heterocycles. The van der Waals surface area contributed by atoms with E-state index in [1.54, 1.807) is 17.0 Å². The fourth-order valence-electron chi connectivity index (χ4n) is 2.72. The molecule has 1 aromatic rings. The maximum Gasteiger partial charge on any atom is 0.241 e. The first-order chi connectivity index (χ1) is 11.7. The normalized spacial score (nSPS) is 17.1. The first-order valence-corrected chi connectivity index (χ1v) is 10.2. The Kier molecular flexibility index (Phi) is 6.59. The number of sulfonamides is 1. The van der Waals surface area contributed by atoms with Crippen molar-refractivity contribution >= 4 is 15.9 Å². The molecule has 1 fully saturated rings. The minimum Gasteiger partial charge on any atom is -0.378 e. The summed E-state index contributed by atoms with van der Waals surface area (Å²) in [5.41, 5.74) is 1.07. The number of nitrogens with zero attached hydrogens (tertiary/aromatic N) is 1. The Labute approximate surface area is 150 Å². The van der Waals surface area contributed by atoms with Crippen LogP contribution < -0.4 is 4.72 Å². The highest BCUT2D eigenvalue weighted by atomic mass is 32.2. The van der Waals surface area contributed by atoms with Crippen LogP contribution in [0.2, 0.25) is 0 Å². The summed E-state index contributed by atoms with van der Waals surface area (Å²) in [5, 5.41) is 0. The molecular weight excluding hydrogens is 340 g/mol. The van der Waals surface area contributed by atoms with E-state index in [1.165, 1.54) is 0 Å². The summed E-state index contributed by atoms with van der Waals surface area (Å²) in [6, 6.07) is 6.02. The second kappa shape index (κ2) is 8.29. The first-order valence-electron chi connectivity index (χ1n) is 8.71. The highest BCUT2D eigenvalue weighted by Crippen LogP contribution is 2.19. The molecule has 1 atom stereocenters. The molecule has 7 heteroatoms. The molecule has 0 bridgehead atoms. The number of hydrogen-bond donors (Lipinski definition) is 1. The summed E-state index contributed by atoms with van der Waals surface area (Å²) in [5.74, 6) is -0.0169. The Hall–Kier alpha value is -1.44. The van der Waals surface area contributed by atoms with Gasteiger partial charge in [0, 0.05) is 13.1 Å². The minimum atomic E-state index is -3.76. The van der Waals surface area contributed by atoms with Gasteiger partial charge in [0.1, 0.15) is 6.04 Å². The second-order valence-electron chi connectivity index (χ2n) is 7.00. The third-order valence-corrected chi connectivity index (χ3v) is 5.85. The van der Waals surface area contributed by atoms with Crippen LogP contribution in [0.3, 0.4) is 0 Å². The third kappa shape index (κ3) is 5.03. The molecule has 6 nitrogen and oxygen atoms in total. The Morgan fingerprint density at radius 2 is 1.64 bits per heavy atom. The van der Waals surface area contributed by atoms with Crippen LogP contribution in [-0.4, -0.2) is 51.6 Å². The number of ether oxygens (including phenoxy) is 1. The Bertz CT molecular complexity index is 678. The molecule has 1 heterocycles. The van der Waals surface area contributed by atoms with Crippen LogP contribution in [0.15, 0.2) is 29.2 Å². The van der Waals surface area contributed by atoms with E-state index < -0.39 is 16.1 Å². The molecule has 0 unspecified atom stereocenters. The van der Waals surface area contributed by atoms with E-state index in [-0.39, 0.29) is 16.7 Å². The van der Waals surface area contributed by atoms with Gasteiger partial charge in [-0.05, 0) is 29.5 Å². The van der Waals surface area contributed by atoms with Gasteiger partial charge in [-0.15, -0.1) is 0 Å². The van der Waals surface area contributed by atoms with Crippen LogP contribution in [0.4, 0.5) is 0 Å². The second-order valence-corrected chi connectivity index (χ2v) is 8.72. The van der Waals surface area contributed by atoms with Crippen molar-refractivity contribution in [2.45, 2.75) is 44.6 Å². The minimum absolute atomic E-state index is 0.153. The number of nitrogens with one attached hydrogen (secondary N) is 1. The van der Waals surface area contributed by atoms with E-state index in [1.807, 2.05) is 26.0 Å². The van der Waals surface area contributed by atoms with Gasteiger partial charge in [-0.25, -0.2) is 8.42 Å². The molecular formula is C18H28N2O4S. The Morgan fingerprint density at radius 3 is 2.12 bits per heavy atom. The predicted octanol–water partition coefficient (Wildman–Crippen LogP) is 1.97. The number of morpholine rings is 1. The number of carbonyl (C=O) groups excluding carboxylic acids is 1. The fraction of sp³-hybridized carbons (Fsp3) is 0.611. The maximum atomic E-state index is 12.7. The van der Waals surface area contributed by atoms with Gasteiger partial charge >= 0.3 is 0 Å². The zero-order chi connectivity index (χ0) is 18.6. The highest BCUT2D eigenvalue weighted by molar-refractivity contribution is 7.89. The lowest BCUT2D eigenvalue weighted by Gasteiger charge is -2.32. The lowest BCUT2D eigenvalue weighted by atomic mass is 10.0. The quantitative estimate of drug-likeness (QED) is 0.833. The van der Waals surface area contributed by atoms with Gasteiger partial charge in [0.05, 0.1) is 18.1 Å². The molecule has 0 saturated carbocycles. The number of hydrogen-bond acceptors (Lipinski definition) is 4. The van der Waals surface area contributed by atoms with Gasteiger partial charge < -0.3 is 9.64 Å². The van der Waals surface area contributed by atoms with Crippen molar-refractivity contribution in [1.29, 1.82) is 0 Å². The SMILES string of the molecule is CC(C)c1ccc(S(=O)(=O)N[C@H](C(=O)N2CCOCC2)C(C)C)cc1. The smallest absolute Gasteiger partial charge is 0.241 e. The Morgan fingerprint density at radius 1 is 1.08 bits per heavy atom. The first kappa shape index (κ1) is 19.9. The zero-order valence-electron chi connectivity index (χ0n) is 15.4. The lowest BCUT2D eigenvalue weighted by Crippen LogP contribution is -2.53. The molecule has 1 N–H and O–H groups in total. The summed E-state index contributed by atoms with van der Waals surface area (Å²) >= 11 is 0. The van der Waals surface area contributed by atoms with Gasteiger partial charge in [0.2, 0.25) is 15.9 Å². The van der Waals surface area contributed by atoms with Crippen LogP contribution >= 0.6 is 0 Å². The largest absolute Gasteiger partial charge is 0.378 e. The standard InChI is InChI=1S/C18H28N2O4S/c1-13(2)15-5-7-16(8-6-15)25(22,23)19-17(14(3)4)18(21)20-9-11-24-12-10-20/h5-8,13-14,17,19H,9-12H2,1-4H3/t17-/m0/s1. The van der Waals surface area contributed by atoms with Crippen molar-refractivity contribution in [1.82, 2.24) is 9.62 Å². The van der Waals surface area contributed by atoms with Crippen LogP contribution in [0.5, 0.6) is 0 Å². The molecule has 0 spiro atoms. The van der Waals surface area contributed by atoms with E-state index in [4.69, 9.17) is 4.74 Å². The van der Waals surface area contributed by atoms with Crippen molar-refractivity contribution in [3.63, 3.8) is 0 Å². The predicted molar refractivity (Wildman–Crippen MR) is 96.9 cm³/mol. The van der Waals surface area contributed by atoms with Gasteiger partial charge in [-0.1, -0.05) is 39.8 Å². The Balaban J connectivity index is 2.17. The molecule has 0 aromatic heterocycles. The monoisotopic (exact) mass is 368 g/mol. The van der Waals surface area contributed by atoms with Crippen molar-refractivity contribution < 1.29 is 17.9 Å². The van der Waals surface area contributed by atoms with Gasteiger partial charge in [0.25, 0.3) is 0 Å². The van der Waals surface area contributed by atoms with Crippen LogP contribution in [0.25, 0.3) is 0 Å². The van der Waals surface area contributed by atoms with E-state index in [2.05, 4.69) is 18.6 Å². The summed E-state index contributed by atoms with van der Waals surface area (Å²) < 4.78 is 33.3. The molecule has 1 saturated heterocycles. The van der Waals surface area contributed by atoms with Crippen LogP contribution in [-0.2, 0) is 19.6 Å². The van der Waals surface area contributed by atoms with Crippen molar-refractivity contribution in [3.05, 3.63) is 29.8 Å². The summed E-state index contributed by atoms with van der Waals surface area (Å²) in [6.07, 6.45) is 0. The van der Waals surface area contributed by atoms with E-state index in [0.717, 1.165) is 5.56 Å². The van der Waals surface area contributed by atoms with Gasteiger partial charge in [0.15, 0.2) is 0 Å². The number of benzene rings is 1. The summed E-state index contributed by atoms with van der Waals surface area (Å²) in [4.78, 5) is 14.6. The topological polar surface area (TPSA) is 75.7 Å². The van der Waals surface area contributed by atoms with Gasteiger partial charge in [-0.2, -0.15) is 4.72 Å². The molecule has 2 rings (SSSR count). The zero-order valence-corrected chi connectivity index (χ0v) is 16.2. The number of rotatable bonds is 6. The molecule has 140 valence electrons. The van der Waals surface area contributed by atoms with Crippen LogP contribution in [0.1, 0.15) is 39.2 Å². The third-order valence-electron chi connectivity index (χ3n) is 4.39. The van der Waals surface area contributed by atoms with Crippen molar-refractivity contribution in [3.8, 4) is 0 Å². The molecule has 25 heavy (non-hydrogen) atoms. The summed E-state index contributed by atoms with van der Waals surface area (Å²) in [6.45, 7) is 9.75. The molecule has 1 aromatic carbocycles. The molecule has 1 amide bonds. The maximum absolute atomic E-state index is 12.7. The average molecular weight is 368 g/mol. The van der Waals surface area contributed by atoms with E-state index >= 15 is 0 Å².